The van der Waals surface area contributed by atoms with Crippen LogP contribution < -0.4 is 9.62 Å². The number of carbonyl (C=O) groups excluding carboxylic acids is 1. The SMILES string of the molecule is O=C(/C=C/c1ccc(N2CCCS2(=O)=O)cc1)Nc1ccc(Cl)cc1-n1cccc1. The lowest BCUT2D eigenvalue weighted by Crippen LogP contribution is -2.24. The van der Waals surface area contributed by atoms with Crippen molar-refractivity contribution in [3.63, 3.8) is 0 Å². The van der Waals surface area contributed by atoms with Crippen LogP contribution in [0.4, 0.5) is 11.4 Å². The molecule has 0 bridgehead atoms. The van der Waals surface area contributed by atoms with Crippen molar-refractivity contribution in [3.8, 4) is 5.69 Å². The maximum atomic E-state index is 12.4. The van der Waals surface area contributed by atoms with Crippen LogP contribution in [0.5, 0.6) is 0 Å². The van der Waals surface area contributed by atoms with Gasteiger partial charge in [0.15, 0.2) is 0 Å². The van der Waals surface area contributed by atoms with Gasteiger partial charge in [0.25, 0.3) is 0 Å². The van der Waals surface area contributed by atoms with Gasteiger partial charge in [0, 0.05) is 30.0 Å². The largest absolute Gasteiger partial charge is 0.322 e. The minimum absolute atomic E-state index is 0.185. The highest BCUT2D eigenvalue weighted by molar-refractivity contribution is 7.93. The Morgan fingerprint density at radius 2 is 1.80 bits per heavy atom. The average molecular weight is 442 g/mol. The van der Waals surface area contributed by atoms with E-state index >= 15 is 0 Å². The quantitative estimate of drug-likeness (QED) is 0.599. The first-order valence-corrected chi connectivity index (χ1v) is 11.4. The minimum atomic E-state index is -3.20. The molecule has 1 amide bonds. The van der Waals surface area contributed by atoms with Gasteiger partial charge in [-0.05, 0) is 60.5 Å². The standard InChI is InChI=1S/C22H20ClN3O3S/c23-18-7-10-20(21(16-18)25-12-1-2-13-25)24-22(27)11-6-17-4-8-19(9-5-17)26-14-3-15-30(26,28)29/h1-2,4-13,16H,3,14-15H2,(H,24,27)/b11-6+. The minimum Gasteiger partial charge on any atom is -0.322 e. The second kappa shape index (κ2) is 8.38. The Hall–Kier alpha value is -3.03. The number of nitrogens with zero attached hydrogens (tertiary/aromatic N) is 2. The summed E-state index contributed by atoms with van der Waals surface area (Å²) in [5.41, 5.74) is 2.85. The third-order valence-electron chi connectivity index (χ3n) is 4.81. The van der Waals surface area contributed by atoms with E-state index in [1.54, 1.807) is 48.5 Å². The van der Waals surface area contributed by atoms with Crippen molar-refractivity contribution in [3.05, 3.63) is 83.7 Å². The number of hydrogen-bond donors (Lipinski definition) is 1. The lowest BCUT2D eigenvalue weighted by molar-refractivity contribution is -0.111. The van der Waals surface area contributed by atoms with Crippen molar-refractivity contribution >= 4 is 45.0 Å². The Balaban J connectivity index is 1.46. The van der Waals surface area contributed by atoms with E-state index in [1.165, 1.54) is 10.4 Å². The molecule has 1 aliphatic rings. The number of benzene rings is 2. The van der Waals surface area contributed by atoms with Crippen molar-refractivity contribution in [1.82, 2.24) is 4.57 Å². The molecule has 8 heteroatoms. The number of aromatic nitrogens is 1. The number of nitrogens with one attached hydrogen (secondary N) is 1. The third kappa shape index (κ3) is 4.42. The van der Waals surface area contributed by atoms with E-state index in [4.69, 9.17) is 11.6 Å². The van der Waals surface area contributed by atoms with Gasteiger partial charge in [-0.25, -0.2) is 8.42 Å². The van der Waals surface area contributed by atoms with E-state index < -0.39 is 10.0 Å². The van der Waals surface area contributed by atoms with Crippen LogP contribution in [0.25, 0.3) is 11.8 Å². The average Bonchev–Trinajstić information content (AvgIpc) is 3.37. The molecule has 154 valence electrons. The third-order valence-corrected chi connectivity index (χ3v) is 6.91. The van der Waals surface area contributed by atoms with Gasteiger partial charge in [0.2, 0.25) is 15.9 Å². The van der Waals surface area contributed by atoms with E-state index in [0.717, 1.165) is 11.3 Å². The van der Waals surface area contributed by atoms with Crippen molar-refractivity contribution in [2.45, 2.75) is 6.42 Å². The van der Waals surface area contributed by atoms with Gasteiger partial charge in [-0.15, -0.1) is 0 Å². The fourth-order valence-corrected chi connectivity index (χ4v) is 5.08. The molecule has 1 aromatic heterocycles. The van der Waals surface area contributed by atoms with Crippen molar-refractivity contribution in [2.75, 3.05) is 21.9 Å². The number of hydrogen-bond acceptors (Lipinski definition) is 3. The number of amides is 1. The zero-order chi connectivity index (χ0) is 21.1. The molecule has 3 aromatic rings. The van der Waals surface area contributed by atoms with Crippen LogP contribution in [0.3, 0.4) is 0 Å². The number of anilines is 2. The molecule has 1 fully saturated rings. The van der Waals surface area contributed by atoms with Crippen LogP contribution in [0.2, 0.25) is 5.02 Å². The predicted octanol–water partition coefficient (Wildman–Crippen LogP) is 4.32. The van der Waals surface area contributed by atoms with Crippen LogP contribution in [0, 0.1) is 0 Å². The molecule has 6 nitrogen and oxygen atoms in total. The number of rotatable bonds is 5. The molecule has 30 heavy (non-hydrogen) atoms. The van der Waals surface area contributed by atoms with Crippen LogP contribution in [-0.2, 0) is 14.8 Å². The molecule has 0 aliphatic carbocycles. The molecule has 4 rings (SSSR count). The van der Waals surface area contributed by atoms with Gasteiger partial charge in [-0.2, -0.15) is 0 Å². The maximum Gasteiger partial charge on any atom is 0.248 e. The van der Waals surface area contributed by atoms with Crippen LogP contribution in [0.15, 0.2) is 73.1 Å². The van der Waals surface area contributed by atoms with E-state index in [2.05, 4.69) is 5.32 Å². The van der Waals surface area contributed by atoms with Gasteiger partial charge in [-0.3, -0.25) is 9.10 Å². The van der Waals surface area contributed by atoms with Crippen molar-refractivity contribution < 1.29 is 13.2 Å². The molecule has 2 heterocycles. The maximum absolute atomic E-state index is 12.4. The van der Waals surface area contributed by atoms with Crippen LogP contribution in [0.1, 0.15) is 12.0 Å². The summed E-state index contributed by atoms with van der Waals surface area (Å²) >= 11 is 6.11. The predicted molar refractivity (Wildman–Crippen MR) is 121 cm³/mol. The van der Waals surface area contributed by atoms with E-state index in [9.17, 15) is 13.2 Å². The molecule has 1 saturated heterocycles. The Kier molecular flexibility index (Phi) is 5.65. The summed E-state index contributed by atoms with van der Waals surface area (Å²) in [6.45, 7) is 0.505. The smallest absolute Gasteiger partial charge is 0.248 e. The molecule has 0 saturated carbocycles. The molecular formula is C22H20ClN3O3S. The molecular weight excluding hydrogens is 422 g/mol. The highest BCUT2D eigenvalue weighted by Crippen LogP contribution is 2.26. The fraction of sp³-hybridized carbons (Fsp3) is 0.136. The monoisotopic (exact) mass is 441 g/mol. The molecule has 1 aliphatic heterocycles. The van der Waals surface area contributed by atoms with E-state index in [1.807, 2.05) is 29.1 Å². The van der Waals surface area contributed by atoms with Crippen LogP contribution >= 0.6 is 11.6 Å². The van der Waals surface area contributed by atoms with Crippen LogP contribution in [-0.4, -0.2) is 31.2 Å². The Morgan fingerprint density at radius 3 is 2.47 bits per heavy atom. The first kappa shape index (κ1) is 20.3. The van der Waals surface area contributed by atoms with Gasteiger partial charge in [0.1, 0.15) is 0 Å². The van der Waals surface area contributed by atoms with Crippen molar-refractivity contribution in [2.24, 2.45) is 0 Å². The molecule has 0 spiro atoms. The highest BCUT2D eigenvalue weighted by Gasteiger charge is 2.28. The summed E-state index contributed by atoms with van der Waals surface area (Å²) in [5.74, 6) is -0.0956. The molecule has 0 atom stereocenters. The first-order chi connectivity index (χ1) is 14.4. The summed E-state index contributed by atoms with van der Waals surface area (Å²) in [6, 6.07) is 16.1. The number of halogens is 1. The lowest BCUT2D eigenvalue weighted by Gasteiger charge is -2.16. The molecule has 0 unspecified atom stereocenters. The number of sulfonamides is 1. The van der Waals surface area contributed by atoms with Gasteiger partial charge in [-0.1, -0.05) is 23.7 Å². The summed E-state index contributed by atoms with van der Waals surface area (Å²) < 4.78 is 27.3. The summed E-state index contributed by atoms with van der Waals surface area (Å²) in [7, 11) is -3.20. The van der Waals surface area contributed by atoms with E-state index in [0.29, 0.717) is 29.4 Å². The normalized spacial score (nSPS) is 15.6. The van der Waals surface area contributed by atoms with Gasteiger partial charge in [0.05, 0.1) is 22.8 Å². The zero-order valence-corrected chi connectivity index (χ0v) is 17.6. The fourth-order valence-electron chi connectivity index (χ4n) is 3.35. The highest BCUT2D eigenvalue weighted by atomic mass is 35.5. The second-order valence-electron chi connectivity index (χ2n) is 6.91. The van der Waals surface area contributed by atoms with Crippen molar-refractivity contribution in [1.29, 1.82) is 0 Å². The topological polar surface area (TPSA) is 71.4 Å². The lowest BCUT2D eigenvalue weighted by atomic mass is 10.2. The Labute approximate surface area is 180 Å². The first-order valence-electron chi connectivity index (χ1n) is 9.45. The second-order valence-corrected chi connectivity index (χ2v) is 9.36. The van der Waals surface area contributed by atoms with Gasteiger partial charge < -0.3 is 9.88 Å². The number of carbonyl (C=O) groups is 1. The Bertz CT molecular complexity index is 1190. The van der Waals surface area contributed by atoms with Gasteiger partial charge >= 0.3 is 0 Å². The zero-order valence-electron chi connectivity index (χ0n) is 16.0. The van der Waals surface area contributed by atoms with E-state index in [-0.39, 0.29) is 11.7 Å². The molecule has 2 aromatic carbocycles. The Morgan fingerprint density at radius 1 is 1.07 bits per heavy atom. The summed E-state index contributed by atoms with van der Waals surface area (Å²) in [6.07, 6.45) is 7.51. The summed E-state index contributed by atoms with van der Waals surface area (Å²) in [5, 5.41) is 3.45. The molecule has 0 radical (unpaired) electrons. The summed E-state index contributed by atoms with van der Waals surface area (Å²) in [4.78, 5) is 12.4. The molecule has 1 N–H and O–H groups in total.